The summed E-state index contributed by atoms with van der Waals surface area (Å²) in [7, 11) is 1.68. The molecule has 0 amide bonds. The summed E-state index contributed by atoms with van der Waals surface area (Å²) in [6.45, 7) is 5.52. The number of likely N-dealkylation sites (tertiary alicyclic amines) is 1. The number of methoxy groups -OCH3 is 1. The molecule has 0 atom stereocenters. The zero-order valence-electron chi connectivity index (χ0n) is 14.9. The van der Waals surface area contributed by atoms with Crippen molar-refractivity contribution in [3.63, 3.8) is 0 Å². The molecule has 0 radical (unpaired) electrons. The predicted molar refractivity (Wildman–Crippen MR) is 97.5 cm³/mol. The number of benzene rings is 1. The molecule has 0 saturated carbocycles. The maximum Gasteiger partial charge on any atom is 0.312 e. The first kappa shape index (κ1) is 18.2. The number of carbonyl (C=O) groups excluding carboxylic acids is 1. The molecule has 1 saturated heterocycles. The molecular formula is C18H25N3O3S. The number of piperidine rings is 1. The molecule has 1 fully saturated rings. The average Bonchev–Trinajstić information content (AvgIpc) is 3.09. The van der Waals surface area contributed by atoms with E-state index < -0.39 is 5.41 Å². The summed E-state index contributed by atoms with van der Waals surface area (Å²) in [5, 5.41) is 0. The van der Waals surface area contributed by atoms with Crippen molar-refractivity contribution in [2.45, 2.75) is 32.7 Å². The molecule has 1 aromatic carbocycles. The highest BCUT2D eigenvalue weighted by molar-refractivity contribution is 7.00. The minimum atomic E-state index is -0.398. The van der Waals surface area contributed by atoms with Gasteiger partial charge in [0.15, 0.2) is 0 Å². The Morgan fingerprint density at radius 3 is 2.76 bits per heavy atom. The molecular weight excluding hydrogens is 338 g/mol. The number of carbonyl (C=O) groups is 1. The van der Waals surface area contributed by atoms with Gasteiger partial charge in [-0.05, 0) is 57.0 Å². The largest absolute Gasteiger partial charge is 0.466 e. The van der Waals surface area contributed by atoms with Crippen LogP contribution in [0.4, 0.5) is 0 Å². The Kier molecular flexibility index (Phi) is 5.98. The lowest BCUT2D eigenvalue weighted by atomic mass is 9.75. The van der Waals surface area contributed by atoms with E-state index in [1.807, 2.05) is 13.0 Å². The van der Waals surface area contributed by atoms with Gasteiger partial charge in [0.2, 0.25) is 0 Å². The van der Waals surface area contributed by atoms with E-state index in [-0.39, 0.29) is 5.97 Å². The maximum absolute atomic E-state index is 12.5. The van der Waals surface area contributed by atoms with Gasteiger partial charge in [0.25, 0.3) is 0 Å². The lowest BCUT2D eigenvalue weighted by Gasteiger charge is -2.39. The van der Waals surface area contributed by atoms with Crippen molar-refractivity contribution in [1.29, 1.82) is 0 Å². The molecule has 1 aliphatic rings. The molecule has 0 aliphatic carbocycles. The summed E-state index contributed by atoms with van der Waals surface area (Å²) in [6.07, 6.45) is 2.36. The first-order chi connectivity index (χ1) is 12.2. The molecule has 2 aromatic rings. The van der Waals surface area contributed by atoms with Gasteiger partial charge < -0.3 is 9.47 Å². The zero-order chi connectivity index (χ0) is 17.7. The molecule has 3 rings (SSSR count). The second kappa shape index (κ2) is 8.21. The molecule has 1 aliphatic heterocycles. The normalized spacial score (nSPS) is 17.7. The van der Waals surface area contributed by atoms with Crippen LogP contribution in [0.3, 0.4) is 0 Å². The zero-order valence-corrected chi connectivity index (χ0v) is 15.7. The van der Waals surface area contributed by atoms with E-state index >= 15 is 0 Å². The number of hydrogen-bond donors (Lipinski definition) is 0. The highest BCUT2D eigenvalue weighted by atomic mass is 32.1. The third kappa shape index (κ3) is 4.16. The van der Waals surface area contributed by atoms with Gasteiger partial charge in [0.1, 0.15) is 11.0 Å². The second-order valence-electron chi connectivity index (χ2n) is 6.61. The van der Waals surface area contributed by atoms with Crippen molar-refractivity contribution < 1.29 is 14.3 Å². The first-order valence-corrected chi connectivity index (χ1v) is 9.49. The molecule has 0 bridgehead atoms. The lowest BCUT2D eigenvalue weighted by molar-refractivity contribution is -0.160. The standard InChI is InChI=1S/C18H25N3O3S/c1-3-24-17(22)18(8-11-23-2)6-9-21(10-7-18)13-14-4-5-15-16(12-14)20-25-19-15/h4-5,12H,3,6-11,13H2,1-2H3. The van der Waals surface area contributed by atoms with E-state index in [0.29, 0.717) is 13.2 Å². The van der Waals surface area contributed by atoms with Gasteiger partial charge in [-0.2, -0.15) is 8.75 Å². The summed E-state index contributed by atoms with van der Waals surface area (Å²) in [5.74, 6) is -0.0679. The fourth-order valence-electron chi connectivity index (χ4n) is 3.46. The fraction of sp³-hybridized carbons (Fsp3) is 0.611. The maximum atomic E-state index is 12.5. The Morgan fingerprint density at radius 2 is 2.04 bits per heavy atom. The summed E-state index contributed by atoms with van der Waals surface area (Å²) in [5.41, 5.74) is 2.75. The minimum Gasteiger partial charge on any atom is -0.466 e. The van der Waals surface area contributed by atoms with E-state index in [2.05, 4.69) is 25.8 Å². The quantitative estimate of drug-likeness (QED) is 0.705. The summed E-state index contributed by atoms with van der Waals surface area (Å²) in [6, 6.07) is 6.25. The highest BCUT2D eigenvalue weighted by Crippen LogP contribution is 2.37. The Hall–Kier alpha value is -1.57. The van der Waals surface area contributed by atoms with Gasteiger partial charge in [-0.15, -0.1) is 0 Å². The van der Waals surface area contributed by atoms with Crippen molar-refractivity contribution in [3.8, 4) is 0 Å². The number of nitrogens with zero attached hydrogens (tertiary/aromatic N) is 3. The third-order valence-electron chi connectivity index (χ3n) is 5.03. The Labute approximate surface area is 152 Å². The molecule has 2 heterocycles. The van der Waals surface area contributed by atoms with E-state index in [4.69, 9.17) is 9.47 Å². The van der Waals surface area contributed by atoms with E-state index in [1.165, 1.54) is 17.3 Å². The van der Waals surface area contributed by atoms with Crippen LogP contribution >= 0.6 is 11.7 Å². The topological polar surface area (TPSA) is 64.6 Å². The van der Waals surface area contributed by atoms with Crippen LogP contribution in [-0.4, -0.2) is 53.0 Å². The van der Waals surface area contributed by atoms with E-state index in [0.717, 1.165) is 49.9 Å². The van der Waals surface area contributed by atoms with Crippen LogP contribution in [0, 0.1) is 5.41 Å². The van der Waals surface area contributed by atoms with Gasteiger partial charge in [-0.3, -0.25) is 9.69 Å². The van der Waals surface area contributed by atoms with E-state index in [1.54, 1.807) is 7.11 Å². The van der Waals surface area contributed by atoms with Crippen LogP contribution < -0.4 is 0 Å². The Bertz CT molecular complexity index is 710. The molecule has 1 aromatic heterocycles. The minimum absolute atomic E-state index is 0.0679. The average molecular weight is 363 g/mol. The molecule has 7 heteroatoms. The van der Waals surface area contributed by atoms with Crippen LogP contribution in [0.5, 0.6) is 0 Å². The van der Waals surface area contributed by atoms with Gasteiger partial charge in [0.05, 0.1) is 23.8 Å². The Morgan fingerprint density at radius 1 is 1.28 bits per heavy atom. The molecule has 25 heavy (non-hydrogen) atoms. The monoisotopic (exact) mass is 363 g/mol. The van der Waals surface area contributed by atoms with Gasteiger partial charge in [-0.25, -0.2) is 0 Å². The fourth-order valence-corrected chi connectivity index (χ4v) is 3.98. The lowest BCUT2D eigenvalue weighted by Crippen LogP contribution is -2.45. The summed E-state index contributed by atoms with van der Waals surface area (Å²) >= 11 is 1.25. The first-order valence-electron chi connectivity index (χ1n) is 8.76. The molecule has 0 spiro atoms. The Balaban J connectivity index is 1.63. The van der Waals surface area contributed by atoms with Crippen LogP contribution in [-0.2, 0) is 20.8 Å². The number of esters is 1. The second-order valence-corrected chi connectivity index (χ2v) is 7.14. The number of fused-ring (bicyclic) bond motifs is 1. The van der Waals surface area contributed by atoms with Crippen LogP contribution in [0.15, 0.2) is 18.2 Å². The SMILES string of the molecule is CCOC(=O)C1(CCOC)CCN(Cc2ccc3nsnc3c2)CC1. The number of hydrogen-bond acceptors (Lipinski definition) is 7. The van der Waals surface area contributed by atoms with Crippen LogP contribution in [0.2, 0.25) is 0 Å². The molecule has 0 unspecified atom stereocenters. The van der Waals surface area contributed by atoms with Crippen molar-refractivity contribution in [3.05, 3.63) is 23.8 Å². The van der Waals surface area contributed by atoms with Crippen molar-refractivity contribution in [2.24, 2.45) is 5.41 Å². The summed E-state index contributed by atoms with van der Waals surface area (Å²) < 4.78 is 19.1. The predicted octanol–water partition coefficient (Wildman–Crippen LogP) is 2.87. The van der Waals surface area contributed by atoms with Crippen molar-refractivity contribution in [1.82, 2.24) is 13.6 Å². The number of rotatable bonds is 7. The van der Waals surface area contributed by atoms with Gasteiger partial charge >= 0.3 is 5.97 Å². The smallest absolute Gasteiger partial charge is 0.312 e. The van der Waals surface area contributed by atoms with Gasteiger partial charge in [0, 0.05) is 20.3 Å². The molecule has 136 valence electrons. The van der Waals surface area contributed by atoms with Gasteiger partial charge in [-0.1, -0.05) is 6.07 Å². The highest BCUT2D eigenvalue weighted by Gasteiger charge is 2.42. The van der Waals surface area contributed by atoms with Crippen LogP contribution in [0.1, 0.15) is 31.7 Å². The summed E-state index contributed by atoms with van der Waals surface area (Å²) in [4.78, 5) is 14.9. The van der Waals surface area contributed by atoms with E-state index in [9.17, 15) is 4.79 Å². The molecule has 0 N–H and O–H groups in total. The molecule has 6 nitrogen and oxygen atoms in total. The van der Waals surface area contributed by atoms with Crippen molar-refractivity contribution >= 4 is 28.7 Å². The number of aromatic nitrogens is 2. The number of ether oxygens (including phenoxy) is 2. The van der Waals surface area contributed by atoms with Crippen molar-refractivity contribution in [2.75, 3.05) is 33.4 Å². The third-order valence-corrected chi connectivity index (χ3v) is 5.59. The van der Waals surface area contributed by atoms with Crippen LogP contribution in [0.25, 0.3) is 11.0 Å².